The van der Waals surface area contributed by atoms with E-state index in [2.05, 4.69) is 10.4 Å². The van der Waals surface area contributed by atoms with Gasteiger partial charge >= 0.3 is 0 Å². The topological polar surface area (TPSA) is 73.2 Å². The van der Waals surface area contributed by atoms with E-state index >= 15 is 0 Å². The number of ether oxygens (including phenoxy) is 1. The van der Waals surface area contributed by atoms with Crippen molar-refractivity contribution >= 4 is 11.6 Å². The van der Waals surface area contributed by atoms with Crippen molar-refractivity contribution in [3.05, 3.63) is 77.1 Å². The molecule has 6 heteroatoms. The summed E-state index contributed by atoms with van der Waals surface area (Å²) in [5.74, 6) is 0.413. The first kappa shape index (κ1) is 18.4. The lowest BCUT2D eigenvalue weighted by molar-refractivity contribution is -0.119. The first-order valence-corrected chi connectivity index (χ1v) is 8.72. The van der Waals surface area contributed by atoms with Crippen LogP contribution in [0.25, 0.3) is 11.3 Å². The molecule has 6 nitrogen and oxygen atoms in total. The maximum atomic E-state index is 12.8. The van der Waals surface area contributed by atoms with Crippen LogP contribution in [0.2, 0.25) is 0 Å². The molecule has 1 heterocycles. The van der Waals surface area contributed by atoms with Crippen LogP contribution in [-0.4, -0.2) is 22.8 Å². The van der Waals surface area contributed by atoms with E-state index in [9.17, 15) is 9.59 Å². The quantitative estimate of drug-likeness (QED) is 0.727. The molecule has 0 aliphatic rings. The summed E-state index contributed by atoms with van der Waals surface area (Å²) < 4.78 is 6.37. The number of methoxy groups -OCH3 is 1. The molecule has 2 aromatic carbocycles. The summed E-state index contributed by atoms with van der Waals surface area (Å²) in [4.78, 5) is 25.1. The van der Waals surface area contributed by atoms with E-state index in [4.69, 9.17) is 4.74 Å². The highest BCUT2D eigenvalue weighted by Crippen LogP contribution is 2.19. The fourth-order valence-corrected chi connectivity index (χ4v) is 2.78. The molecule has 0 saturated carbocycles. The molecule has 0 bridgehead atoms. The highest BCUT2D eigenvalue weighted by atomic mass is 16.5. The second-order valence-electron chi connectivity index (χ2n) is 6.01. The molecule has 3 rings (SSSR count). The molecular weight excluding hydrogens is 342 g/mol. The lowest BCUT2D eigenvalue weighted by Gasteiger charge is -2.17. The average molecular weight is 363 g/mol. The predicted octanol–water partition coefficient (Wildman–Crippen LogP) is 3.51. The minimum Gasteiger partial charge on any atom is -0.497 e. The summed E-state index contributed by atoms with van der Waals surface area (Å²) in [6.45, 7) is 1.85. The fourth-order valence-electron chi connectivity index (χ4n) is 2.78. The van der Waals surface area contributed by atoms with E-state index < -0.39 is 6.04 Å². The fraction of sp³-hybridized carbons (Fsp3) is 0.190. The van der Waals surface area contributed by atoms with Crippen molar-refractivity contribution in [2.45, 2.75) is 19.4 Å². The zero-order valence-electron chi connectivity index (χ0n) is 15.3. The Kier molecular flexibility index (Phi) is 5.66. The number of hydrogen-bond donors (Lipinski definition) is 1. The second kappa shape index (κ2) is 8.31. The monoisotopic (exact) mass is 363 g/mol. The Balaban J connectivity index is 1.87. The minimum atomic E-state index is -0.705. The van der Waals surface area contributed by atoms with Gasteiger partial charge in [-0.1, -0.05) is 37.3 Å². The van der Waals surface area contributed by atoms with E-state index in [0.717, 1.165) is 5.56 Å². The Hall–Kier alpha value is -3.41. The number of benzene rings is 2. The molecule has 27 heavy (non-hydrogen) atoms. The molecule has 138 valence electrons. The molecular formula is C21H21N3O3. The van der Waals surface area contributed by atoms with Crippen molar-refractivity contribution in [3.8, 4) is 17.0 Å². The van der Waals surface area contributed by atoms with Crippen molar-refractivity contribution in [2.24, 2.45) is 0 Å². The van der Waals surface area contributed by atoms with E-state index in [1.54, 1.807) is 37.4 Å². The third-order valence-corrected chi connectivity index (χ3v) is 4.24. The van der Waals surface area contributed by atoms with Gasteiger partial charge in [0.2, 0.25) is 5.91 Å². The number of amides is 1. The van der Waals surface area contributed by atoms with Gasteiger partial charge in [0.05, 0.1) is 12.8 Å². The summed E-state index contributed by atoms with van der Waals surface area (Å²) >= 11 is 0. The third-order valence-electron chi connectivity index (χ3n) is 4.24. The summed E-state index contributed by atoms with van der Waals surface area (Å²) in [6, 6.07) is 19.0. The zero-order chi connectivity index (χ0) is 19.2. The zero-order valence-corrected chi connectivity index (χ0v) is 15.3. The highest BCUT2D eigenvalue weighted by Gasteiger charge is 2.21. The van der Waals surface area contributed by atoms with Crippen molar-refractivity contribution in [1.82, 2.24) is 9.78 Å². The standard InChI is InChI=1S/C21H21N3O3/c1-3-19(21(26)22-16-9-11-17(27-2)12-10-16)24-20(25)14-13-18(23-24)15-7-5-4-6-8-15/h4-14,19H,3H2,1-2H3,(H,22,26)/t19-/m0/s1. The number of nitrogens with zero attached hydrogens (tertiary/aromatic N) is 2. The smallest absolute Gasteiger partial charge is 0.267 e. The molecule has 0 aliphatic heterocycles. The summed E-state index contributed by atoms with van der Waals surface area (Å²) in [5.41, 5.74) is 1.85. The number of carbonyl (C=O) groups excluding carboxylic acids is 1. The van der Waals surface area contributed by atoms with Crippen molar-refractivity contribution < 1.29 is 9.53 Å². The third kappa shape index (κ3) is 4.23. The van der Waals surface area contributed by atoms with Gasteiger partial charge in [-0.2, -0.15) is 5.10 Å². The van der Waals surface area contributed by atoms with E-state index in [-0.39, 0.29) is 11.5 Å². The number of rotatable bonds is 6. The molecule has 0 fully saturated rings. The Morgan fingerprint density at radius 3 is 2.41 bits per heavy atom. The maximum Gasteiger partial charge on any atom is 0.267 e. The molecule has 1 N–H and O–H groups in total. The largest absolute Gasteiger partial charge is 0.497 e. The highest BCUT2D eigenvalue weighted by molar-refractivity contribution is 5.93. The maximum absolute atomic E-state index is 12.8. The number of aromatic nitrogens is 2. The number of hydrogen-bond acceptors (Lipinski definition) is 4. The molecule has 1 atom stereocenters. The van der Waals surface area contributed by atoms with Gasteiger partial charge in [0.15, 0.2) is 0 Å². The van der Waals surface area contributed by atoms with Gasteiger partial charge in [0.25, 0.3) is 5.56 Å². The van der Waals surface area contributed by atoms with Crippen LogP contribution in [0.1, 0.15) is 19.4 Å². The van der Waals surface area contributed by atoms with Gasteiger partial charge < -0.3 is 10.1 Å². The Labute approximate surface area is 157 Å². The first-order valence-electron chi connectivity index (χ1n) is 8.72. The van der Waals surface area contributed by atoms with E-state index in [1.165, 1.54) is 10.7 Å². The van der Waals surface area contributed by atoms with Crippen molar-refractivity contribution in [1.29, 1.82) is 0 Å². The van der Waals surface area contributed by atoms with Crippen LogP contribution in [0.3, 0.4) is 0 Å². The van der Waals surface area contributed by atoms with Gasteiger partial charge in [-0.25, -0.2) is 4.68 Å². The normalized spacial score (nSPS) is 11.6. The lowest BCUT2D eigenvalue weighted by Crippen LogP contribution is -2.34. The van der Waals surface area contributed by atoms with Crippen LogP contribution in [0.4, 0.5) is 5.69 Å². The molecule has 0 spiro atoms. The molecule has 1 aromatic heterocycles. The molecule has 0 radical (unpaired) electrons. The van der Waals surface area contributed by atoms with Crippen LogP contribution < -0.4 is 15.6 Å². The van der Waals surface area contributed by atoms with Gasteiger partial charge in [0.1, 0.15) is 11.8 Å². The van der Waals surface area contributed by atoms with Gasteiger partial charge in [-0.3, -0.25) is 9.59 Å². The summed E-state index contributed by atoms with van der Waals surface area (Å²) in [6.07, 6.45) is 0.438. The van der Waals surface area contributed by atoms with Crippen LogP contribution in [0.15, 0.2) is 71.5 Å². The Bertz CT molecular complexity index is 966. The van der Waals surface area contributed by atoms with Gasteiger partial charge in [-0.15, -0.1) is 0 Å². The van der Waals surface area contributed by atoms with Crippen molar-refractivity contribution in [3.63, 3.8) is 0 Å². The van der Waals surface area contributed by atoms with E-state index in [0.29, 0.717) is 23.6 Å². The lowest BCUT2D eigenvalue weighted by atomic mass is 10.1. The molecule has 0 aliphatic carbocycles. The van der Waals surface area contributed by atoms with Gasteiger partial charge in [-0.05, 0) is 36.8 Å². The number of nitrogens with one attached hydrogen (secondary N) is 1. The minimum absolute atomic E-state index is 0.289. The molecule has 0 unspecified atom stereocenters. The van der Waals surface area contributed by atoms with Gasteiger partial charge in [0, 0.05) is 17.3 Å². The Morgan fingerprint density at radius 1 is 1.07 bits per heavy atom. The van der Waals surface area contributed by atoms with Crippen LogP contribution in [0, 0.1) is 0 Å². The predicted molar refractivity (Wildman–Crippen MR) is 105 cm³/mol. The number of anilines is 1. The molecule has 3 aromatic rings. The Morgan fingerprint density at radius 2 is 1.78 bits per heavy atom. The molecule has 1 amide bonds. The van der Waals surface area contributed by atoms with Crippen LogP contribution in [0.5, 0.6) is 5.75 Å². The van der Waals surface area contributed by atoms with Crippen molar-refractivity contribution in [2.75, 3.05) is 12.4 Å². The summed E-state index contributed by atoms with van der Waals surface area (Å²) in [5, 5.41) is 7.26. The summed E-state index contributed by atoms with van der Waals surface area (Å²) in [7, 11) is 1.58. The number of carbonyl (C=O) groups is 1. The van der Waals surface area contributed by atoms with E-state index in [1.807, 2.05) is 37.3 Å². The van der Waals surface area contributed by atoms with Crippen LogP contribution in [-0.2, 0) is 4.79 Å². The van der Waals surface area contributed by atoms with Crippen LogP contribution >= 0.6 is 0 Å². The molecule has 0 saturated heterocycles. The average Bonchev–Trinajstić information content (AvgIpc) is 2.71. The SMILES string of the molecule is CC[C@@H](C(=O)Nc1ccc(OC)cc1)n1nc(-c2ccccc2)ccc1=O. The second-order valence-corrected chi connectivity index (χ2v) is 6.01. The first-order chi connectivity index (χ1) is 13.1.